The molecule has 0 fully saturated rings. The largest absolute Gasteiger partial charge is 0.462 e. The minimum absolute atomic E-state index is 0.0343. The van der Waals surface area contributed by atoms with Gasteiger partial charge >= 0.3 is 5.97 Å². The number of hydrogen-bond donors (Lipinski definition) is 0. The number of carbonyl (C=O) groups excluding carboxylic acids is 1. The van der Waals surface area contributed by atoms with Gasteiger partial charge in [-0.1, -0.05) is 18.2 Å². The van der Waals surface area contributed by atoms with Gasteiger partial charge in [-0.15, -0.1) is 0 Å². The Bertz CT molecular complexity index is 769. The summed E-state index contributed by atoms with van der Waals surface area (Å²) in [5.41, 5.74) is 1.96. The quantitative estimate of drug-likeness (QED) is 0.363. The lowest BCUT2D eigenvalue weighted by molar-refractivity contribution is -0.385. The fraction of sp³-hybridized carbons (Fsp3) is 0.176. The molecule has 0 radical (unpaired) electrons. The molecule has 0 bridgehead atoms. The third-order valence-corrected chi connectivity index (χ3v) is 3.12. The van der Waals surface area contributed by atoms with Crippen LogP contribution in [0.3, 0.4) is 0 Å². The van der Waals surface area contributed by atoms with Crippen LogP contribution in [0.15, 0.2) is 47.5 Å². The average molecular weight is 312 g/mol. The van der Waals surface area contributed by atoms with Gasteiger partial charge in [0.2, 0.25) is 0 Å². The van der Waals surface area contributed by atoms with Crippen molar-refractivity contribution in [3.05, 3.63) is 69.3 Å². The Balaban J connectivity index is 2.40. The Morgan fingerprint density at radius 1 is 1.30 bits per heavy atom. The molecule has 0 saturated heterocycles. The van der Waals surface area contributed by atoms with Crippen molar-refractivity contribution in [2.75, 3.05) is 6.61 Å². The van der Waals surface area contributed by atoms with Crippen LogP contribution in [-0.4, -0.2) is 23.7 Å². The van der Waals surface area contributed by atoms with E-state index in [9.17, 15) is 14.9 Å². The van der Waals surface area contributed by atoms with Gasteiger partial charge < -0.3 is 4.74 Å². The molecule has 0 aliphatic carbocycles. The summed E-state index contributed by atoms with van der Waals surface area (Å²) >= 11 is 0. The van der Waals surface area contributed by atoms with Gasteiger partial charge in [-0.2, -0.15) is 0 Å². The van der Waals surface area contributed by atoms with Crippen molar-refractivity contribution in [3.63, 3.8) is 0 Å². The molecule has 0 heterocycles. The second-order valence-electron chi connectivity index (χ2n) is 4.82. The molecule has 2 rings (SSSR count). The van der Waals surface area contributed by atoms with Gasteiger partial charge in [0.05, 0.1) is 28.3 Å². The molecule has 0 N–H and O–H groups in total. The molecule has 23 heavy (non-hydrogen) atoms. The number of esters is 1. The maximum absolute atomic E-state index is 11.9. The molecule has 0 spiro atoms. The van der Waals surface area contributed by atoms with Gasteiger partial charge in [0, 0.05) is 12.3 Å². The van der Waals surface area contributed by atoms with Gasteiger partial charge in [-0.25, -0.2) is 4.79 Å². The van der Waals surface area contributed by atoms with Gasteiger partial charge in [0.25, 0.3) is 5.69 Å². The van der Waals surface area contributed by atoms with Crippen LogP contribution in [0.2, 0.25) is 0 Å². The van der Waals surface area contributed by atoms with Crippen molar-refractivity contribution in [2.24, 2.45) is 4.99 Å². The third-order valence-electron chi connectivity index (χ3n) is 3.12. The second kappa shape index (κ2) is 7.31. The minimum atomic E-state index is -0.473. The summed E-state index contributed by atoms with van der Waals surface area (Å²) < 4.78 is 4.98. The number of nitro groups is 1. The predicted octanol–water partition coefficient (Wildman–Crippen LogP) is 3.83. The van der Waals surface area contributed by atoms with E-state index in [2.05, 4.69) is 4.99 Å². The Morgan fingerprint density at radius 3 is 2.74 bits per heavy atom. The highest BCUT2D eigenvalue weighted by Crippen LogP contribution is 2.22. The van der Waals surface area contributed by atoms with Crippen LogP contribution in [0, 0.1) is 17.0 Å². The number of aliphatic imine (C=N–C) groups is 1. The zero-order valence-electron chi connectivity index (χ0n) is 12.9. The highest BCUT2D eigenvalue weighted by atomic mass is 16.6. The summed E-state index contributed by atoms with van der Waals surface area (Å²) in [5.74, 6) is -0.473. The molecule has 0 aliphatic heterocycles. The van der Waals surface area contributed by atoms with Crippen molar-refractivity contribution >= 4 is 23.6 Å². The first kappa shape index (κ1) is 16.4. The molecule has 0 unspecified atom stereocenters. The SMILES string of the molecule is CCOC(=O)c1ccccc1/N=C\c1cc(C)ccc1[N+](=O)[O-]. The summed E-state index contributed by atoms with van der Waals surface area (Å²) in [4.78, 5) is 26.7. The van der Waals surface area contributed by atoms with Crippen LogP contribution in [0.25, 0.3) is 0 Å². The van der Waals surface area contributed by atoms with E-state index in [4.69, 9.17) is 4.74 Å². The Morgan fingerprint density at radius 2 is 2.04 bits per heavy atom. The van der Waals surface area contributed by atoms with Crippen molar-refractivity contribution in [1.29, 1.82) is 0 Å². The molecule has 6 heteroatoms. The summed E-state index contributed by atoms with van der Waals surface area (Å²) in [5, 5.41) is 11.1. The molecule has 0 aromatic heterocycles. The van der Waals surface area contributed by atoms with Crippen molar-refractivity contribution in [1.82, 2.24) is 0 Å². The summed E-state index contributed by atoms with van der Waals surface area (Å²) in [6.45, 7) is 3.83. The third kappa shape index (κ3) is 4.00. The van der Waals surface area contributed by atoms with E-state index in [1.165, 1.54) is 12.3 Å². The van der Waals surface area contributed by atoms with Crippen molar-refractivity contribution in [2.45, 2.75) is 13.8 Å². The number of para-hydroxylation sites is 1. The van der Waals surface area contributed by atoms with E-state index in [-0.39, 0.29) is 12.3 Å². The average Bonchev–Trinajstić information content (AvgIpc) is 2.53. The molecule has 118 valence electrons. The van der Waals surface area contributed by atoms with Crippen LogP contribution in [0.5, 0.6) is 0 Å². The normalized spacial score (nSPS) is 10.7. The number of benzene rings is 2. The molecule has 0 aliphatic rings. The zero-order valence-corrected chi connectivity index (χ0v) is 12.9. The van der Waals surface area contributed by atoms with Crippen LogP contribution < -0.4 is 0 Å². The topological polar surface area (TPSA) is 81.8 Å². The molecule has 0 amide bonds. The highest BCUT2D eigenvalue weighted by molar-refractivity contribution is 5.97. The smallest absolute Gasteiger partial charge is 0.340 e. The Kier molecular flexibility index (Phi) is 5.19. The molecule has 0 saturated carbocycles. The van der Waals surface area contributed by atoms with Gasteiger partial charge in [0.1, 0.15) is 0 Å². The van der Waals surface area contributed by atoms with Crippen LogP contribution in [0.1, 0.15) is 28.4 Å². The number of ether oxygens (including phenoxy) is 1. The number of nitro benzene ring substituents is 1. The number of carbonyl (C=O) groups is 1. The lowest BCUT2D eigenvalue weighted by atomic mass is 10.1. The first-order valence-electron chi connectivity index (χ1n) is 7.08. The first-order valence-corrected chi connectivity index (χ1v) is 7.08. The molecule has 2 aromatic carbocycles. The summed E-state index contributed by atoms with van der Waals surface area (Å²) in [6.07, 6.45) is 1.39. The van der Waals surface area contributed by atoms with Gasteiger partial charge in [-0.3, -0.25) is 15.1 Å². The summed E-state index contributed by atoms with van der Waals surface area (Å²) in [6, 6.07) is 11.5. The monoisotopic (exact) mass is 312 g/mol. The van der Waals surface area contributed by atoms with Crippen LogP contribution in [0.4, 0.5) is 11.4 Å². The maximum Gasteiger partial charge on any atom is 0.340 e. The number of rotatable bonds is 5. The molecular weight excluding hydrogens is 296 g/mol. The van der Waals surface area contributed by atoms with E-state index >= 15 is 0 Å². The second-order valence-corrected chi connectivity index (χ2v) is 4.82. The fourth-order valence-electron chi connectivity index (χ4n) is 2.05. The van der Waals surface area contributed by atoms with Crippen LogP contribution in [-0.2, 0) is 4.74 Å². The molecule has 0 atom stereocenters. The Labute approximate surface area is 133 Å². The lowest BCUT2D eigenvalue weighted by Gasteiger charge is -2.05. The molecule has 2 aromatic rings. The number of nitrogens with zero attached hydrogens (tertiary/aromatic N) is 2. The first-order chi connectivity index (χ1) is 11.0. The van der Waals surface area contributed by atoms with E-state index < -0.39 is 10.9 Å². The van der Waals surface area contributed by atoms with Gasteiger partial charge in [0.15, 0.2) is 0 Å². The Hall–Kier alpha value is -3.02. The molecular formula is C17H16N2O4. The standard InChI is InChI=1S/C17H16N2O4/c1-3-23-17(20)14-6-4-5-7-15(14)18-11-13-10-12(2)8-9-16(13)19(21)22/h4-11H,3H2,1-2H3/b18-11-. The molecule has 6 nitrogen and oxygen atoms in total. The van der Waals surface area contributed by atoms with Crippen molar-refractivity contribution < 1.29 is 14.5 Å². The van der Waals surface area contributed by atoms with Crippen LogP contribution >= 0.6 is 0 Å². The lowest BCUT2D eigenvalue weighted by Crippen LogP contribution is -2.04. The van der Waals surface area contributed by atoms with E-state index in [0.717, 1.165) is 5.56 Å². The predicted molar refractivity (Wildman–Crippen MR) is 87.5 cm³/mol. The highest BCUT2D eigenvalue weighted by Gasteiger charge is 2.13. The zero-order chi connectivity index (χ0) is 16.8. The van der Waals surface area contributed by atoms with Crippen molar-refractivity contribution in [3.8, 4) is 0 Å². The van der Waals surface area contributed by atoms with Gasteiger partial charge in [-0.05, 0) is 37.6 Å². The van der Waals surface area contributed by atoms with E-state index in [0.29, 0.717) is 16.8 Å². The fourth-order valence-corrected chi connectivity index (χ4v) is 2.05. The number of hydrogen-bond acceptors (Lipinski definition) is 5. The summed E-state index contributed by atoms with van der Waals surface area (Å²) in [7, 11) is 0. The minimum Gasteiger partial charge on any atom is -0.462 e. The van der Waals surface area contributed by atoms with E-state index in [1.54, 1.807) is 43.3 Å². The van der Waals surface area contributed by atoms with E-state index in [1.807, 2.05) is 6.92 Å². The maximum atomic E-state index is 11.9. The number of aryl methyl sites for hydroxylation is 1.